The van der Waals surface area contributed by atoms with Gasteiger partial charge in [-0.2, -0.15) is 0 Å². The zero-order chi connectivity index (χ0) is 10.4. The zero-order valence-electron chi connectivity index (χ0n) is 8.56. The predicted octanol–water partition coefficient (Wildman–Crippen LogP) is 2.47. The lowest BCUT2D eigenvalue weighted by Gasteiger charge is -1.89. The van der Waals surface area contributed by atoms with Gasteiger partial charge in [0, 0.05) is 19.3 Å². The summed E-state index contributed by atoms with van der Waals surface area (Å²) < 4.78 is 5.21. The van der Waals surface area contributed by atoms with Crippen LogP contribution in [0.4, 0.5) is 0 Å². The smallest absolute Gasteiger partial charge is 0.249 e. The van der Waals surface area contributed by atoms with E-state index in [-0.39, 0.29) is 0 Å². The maximum Gasteiger partial charge on any atom is 0.249 e. The highest BCUT2D eigenvalue weighted by Crippen LogP contribution is 2.14. The Morgan fingerprint density at radius 1 is 1.21 bits per heavy atom. The summed E-state index contributed by atoms with van der Waals surface area (Å²) in [5.41, 5.74) is 0.845. The SMILES string of the molecule is CC.Cc1nnc(-c2cccnc2)o1. The van der Waals surface area contributed by atoms with E-state index < -0.39 is 0 Å². The average Bonchev–Trinajstić information content (AvgIpc) is 2.69. The topological polar surface area (TPSA) is 51.8 Å². The van der Waals surface area contributed by atoms with Crippen molar-refractivity contribution >= 4 is 0 Å². The quantitative estimate of drug-likeness (QED) is 0.694. The molecular formula is C10H13N3O. The lowest BCUT2D eigenvalue weighted by molar-refractivity contribution is 0.532. The molecule has 2 aromatic rings. The number of hydrogen-bond donors (Lipinski definition) is 0. The van der Waals surface area contributed by atoms with E-state index in [1.54, 1.807) is 19.3 Å². The van der Waals surface area contributed by atoms with Gasteiger partial charge in [-0.05, 0) is 12.1 Å². The van der Waals surface area contributed by atoms with Gasteiger partial charge in [-0.15, -0.1) is 10.2 Å². The second kappa shape index (κ2) is 5.11. The molecule has 4 nitrogen and oxygen atoms in total. The van der Waals surface area contributed by atoms with Gasteiger partial charge >= 0.3 is 0 Å². The van der Waals surface area contributed by atoms with Crippen LogP contribution in [0.5, 0.6) is 0 Å². The first-order valence-corrected chi connectivity index (χ1v) is 4.57. The van der Waals surface area contributed by atoms with Crippen molar-refractivity contribution in [3.63, 3.8) is 0 Å². The highest BCUT2D eigenvalue weighted by Gasteiger charge is 2.03. The first-order chi connectivity index (χ1) is 6.86. The molecule has 4 heteroatoms. The molecule has 0 saturated heterocycles. The van der Waals surface area contributed by atoms with Crippen molar-refractivity contribution in [2.45, 2.75) is 20.8 Å². The molecular weight excluding hydrogens is 178 g/mol. The summed E-state index contributed by atoms with van der Waals surface area (Å²) in [5.74, 6) is 1.08. The molecule has 2 heterocycles. The molecule has 0 amide bonds. The second-order valence-corrected chi connectivity index (χ2v) is 2.37. The highest BCUT2D eigenvalue weighted by atomic mass is 16.4. The van der Waals surface area contributed by atoms with Gasteiger partial charge in [0.2, 0.25) is 11.8 Å². The normalized spacial score (nSPS) is 9.07. The third-order valence-corrected chi connectivity index (χ3v) is 1.43. The number of hydrogen-bond acceptors (Lipinski definition) is 4. The molecule has 14 heavy (non-hydrogen) atoms. The van der Waals surface area contributed by atoms with Gasteiger partial charge in [-0.3, -0.25) is 4.98 Å². The van der Waals surface area contributed by atoms with Crippen LogP contribution in [0.3, 0.4) is 0 Å². The third kappa shape index (κ3) is 2.39. The van der Waals surface area contributed by atoms with Crippen molar-refractivity contribution in [1.29, 1.82) is 0 Å². The number of aromatic nitrogens is 3. The maximum atomic E-state index is 5.21. The third-order valence-electron chi connectivity index (χ3n) is 1.43. The molecule has 0 aliphatic rings. The Labute approximate surface area is 83.0 Å². The van der Waals surface area contributed by atoms with Crippen LogP contribution in [0.25, 0.3) is 11.5 Å². The fourth-order valence-electron chi connectivity index (χ4n) is 0.902. The van der Waals surface area contributed by atoms with Crippen molar-refractivity contribution < 1.29 is 4.42 Å². The Morgan fingerprint density at radius 2 is 2.00 bits per heavy atom. The van der Waals surface area contributed by atoms with E-state index in [0.29, 0.717) is 11.8 Å². The molecule has 0 spiro atoms. The molecule has 0 atom stereocenters. The Morgan fingerprint density at radius 3 is 2.50 bits per heavy atom. The molecule has 0 aliphatic heterocycles. The van der Waals surface area contributed by atoms with Crippen LogP contribution in [0.15, 0.2) is 28.9 Å². The van der Waals surface area contributed by atoms with E-state index in [1.165, 1.54) is 0 Å². The van der Waals surface area contributed by atoms with Crippen molar-refractivity contribution in [2.24, 2.45) is 0 Å². The first-order valence-electron chi connectivity index (χ1n) is 4.57. The van der Waals surface area contributed by atoms with Gasteiger partial charge in [0.25, 0.3) is 0 Å². The number of pyridine rings is 1. The van der Waals surface area contributed by atoms with Crippen LogP contribution in [0.1, 0.15) is 19.7 Å². The minimum atomic E-state index is 0.514. The minimum Gasteiger partial charge on any atom is -0.421 e. The van der Waals surface area contributed by atoms with Crippen LogP contribution in [0.2, 0.25) is 0 Å². The van der Waals surface area contributed by atoms with Crippen LogP contribution in [0, 0.1) is 6.92 Å². The number of nitrogens with zero attached hydrogens (tertiary/aromatic N) is 3. The molecule has 0 bridgehead atoms. The van der Waals surface area contributed by atoms with Crippen LogP contribution in [-0.4, -0.2) is 15.2 Å². The van der Waals surface area contributed by atoms with Gasteiger partial charge in [0.05, 0.1) is 5.56 Å². The van der Waals surface area contributed by atoms with Gasteiger partial charge in [-0.1, -0.05) is 13.8 Å². The summed E-state index contributed by atoms with van der Waals surface area (Å²) in [7, 11) is 0. The van der Waals surface area contributed by atoms with E-state index in [2.05, 4.69) is 15.2 Å². The van der Waals surface area contributed by atoms with Crippen LogP contribution >= 0.6 is 0 Å². The Bertz CT molecular complexity index is 370. The molecule has 0 aliphatic carbocycles. The van der Waals surface area contributed by atoms with Crippen molar-refractivity contribution in [1.82, 2.24) is 15.2 Å². The maximum absolute atomic E-state index is 5.21. The van der Waals surface area contributed by atoms with E-state index in [0.717, 1.165) is 5.56 Å². The second-order valence-electron chi connectivity index (χ2n) is 2.37. The summed E-state index contributed by atoms with van der Waals surface area (Å²) in [5, 5.41) is 7.58. The Kier molecular flexibility index (Phi) is 3.79. The molecule has 0 radical (unpaired) electrons. The molecule has 74 valence electrons. The van der Waals surface area contributed by atoms with Crippen LogP contribution < -0.4 is 0 Å². The molecule has 0 saturated carbocycles. The molecule has 0 unspecified atom stereocenters. The Balaban J connectivity index is 0.000000461. The van der Waals surface area contributed by atoms with Crippen molar-refractivity contribution in [3.8, 4) is 11.5 Å². The van der Waals surface area contributed by atoms with E-state index in [9.17, 15) is 0 Å². The summed E-state index contributed by atoms with van der Waals surface area (Å²) >= 11 is 0. The lowest BCUT2D eigenvalue weighted by atomic mass is 10.3. The fraction of sp³-hybridized carbons (Fsp3) is 0.300. The zero-order valence-corrected chi connectivity index (χ0v) is 8.56. The van der Waals surface area contributed by atoms with E-state index >= 15 is 0 Å². The minimum absolute atomic E-state index is 0.514. The molecule has 0 aromatic carbocycles. The fourth-order valence-corrected chi connectivity index (χ4v) is 0.902. The number of aryl methyl sites for hydroxylation is 1. The monoisotopic (exact) mass is 191 g/mol. The van der Waals surface area contributed by atoms with Crippen molar-refractivity contribution in [2.75, 3.05) is 0 Å². The first kappa shape index (κ1) is 10.4. The summed E-state index contributed by atoms with van der Waals surface area (Å²) in [6, 6.07) is 3.70. The van der Waals surface area contributed by atoms with Crippen molar-refractivity contribution in [3.05, 3.63) is 30.4 Å². The molecule has 2 aromatic heterocycles. The van der Waals surface area contributed by atoms with Gasteiger partial charge in [0.15, 0.2) is 0 Å². The predicted molar refractivity (Wildman–Crippen MR) is 53.6 cm³/mol. The van der Waals surface area contributed by atoms with E-state index in [1.807, 2.05) is 26.0 Å². The highest BCUT2D eigenvalue weighted by molar-refractivity contribution is 5.49. The van der Waals surface area contributed by atoms with Gasteiger partial charge in [0.1, 0.15) is 0 Å². The standard InChI is InChI=1S/C8H7N3O.C2H6/c1-6-10-11-8(12-6)7-3-2-4-9-5-7;1-2/h2-5H,1H3;1-2H3. The Hall–Kier alpha value is -1.71. The average molecular weight is 191 g/mol. The van der Waals surface area contributed by atoms with Gasteiger partial charge < -0.3 is 4.42 Å². The summed E-state index contributed by atoms with van der Waals surface area (Å²) in [6.07, 6.45) is 3.39. The lowest BCUT2D eigenvalue weighted by Crippen LogP contribution is -1.78. The molecule has 2 rings (SSSR count). The largest absolute Gasteiger partial charge is 0.421 e. The number of rotatable bonds is 1. The summed E-state index contributed by atoms with van der Waals surface area (Å²) in [4.78, 5) is 3.94. The van der Waals surface area contributed by atoms with Gasteiger partial charge in [-0.25, -0.2) is 0 Å². The van der Waals surface area contributed by atoms with E-state index in [4.69, 9.17) is 4.42 Å². The summed E-state index contributed by atoms with van der Waals surface area (Å²) in [6.45, 7) is 5.76. The molecule has 0 N–H and O–H groups in total. The molecule has 0 fully saturated rings. The van der Waals surface area contributed by atoms with Crippen LogP contribution in [-0.2, 0) is 0 Å².